The summed E-state index contributed by atoms with van der Waals surface area (Å²) >= 11 is 0. The van der Waals surface area contributed by atoms with Crippen LogP contribution >= 0.6 is 7.60 Å². The zero-order valence-electron chi connectivity index (χ0n) is 5.91. The van der Waals surface area contributed by atoms with Crippen LogP contribution in [-0.2, 0) is 9.09 Å². The van der Waals surface area contributed by atoms with Gasteiger partial charge in [-0.15, -0.1) is 0 Å². The van der Waals surface area contributed by atoms with Gasteiger partial charge >= 0.3 is 7.60 Å². The molecule has 1 aliphatic rings. The van der Waals surface area contributed by atoms with E-state index in [4.69, 9.17) is 9.42 Å². The van der Waals surface area contributed by atoms with Gasteiger partial charge in [0.1, 0.15) is 0 Å². The van der Waals surface area contributed by atoms with Crippen LogP contribution in [0.2, 0.25) is 0 Å². The molecule has 0 spiro atoms. The summed E-state index contributed by atoms with van der Waals surface area (Å²) < 4.78 is 15.7. The number of rotatable bonds is 3. The lowest BCUT2D eigenvalue weighted by molar-refractivity contribution is 0.176. The molecular weight excluding hydrogens is 151 g/mol. The lowest BCUT2D eigenvalue weighted by atomic mass is 10.4. The Morgan fingerprint density at radius 3 is 2.60 bits per heavy atom. The minimum absolute atomic E-state index is 0.349. The summed E-state index contributed by atoms with van der Waals surface area (Å²) in [5.41, 5.74) is -0.349. The van der Waals surface area contributed by atoms with E-state index in [1.807, 2.05) is 6.92 Å². The monoisotopic (exact) mass is 162 g/mol. The van der Waals surface area contributed by atoms with Crippen molar-refractivity contribution in [3.63, 3.8) is 0 Å². The van der Waals surface area contributed by atoms with E-state index in [9.17, 15) is 4.57 Å². The van der Waals surface area contributed by atoms with Crippen LogP contribution in [0.1, 0.15) is 19.8 Å². The van der Waals surface area contributed by atoms with Gasteiger partial charge in [-0.3, -0.25) is 9.09 Å². The molecule has 0 bridgehead atoms. The molecule has 1 rings (SSSR count). The normalized spacial score (nSPS) is 27.0. The lowest BCUT2D eigenvalue weighted by Gasteiger charge is -2.12. The summed E-state index contributed by atoms with van der Waals surface area (Å²) in [6, 6.07) is 0. The van der Waals surface area contributed by atoms with Crippen LogP contribution < -0.4 is 0 Å². The first-order valence-corrected chi connectivity index (χ1v) is 4.79. The first-order chi connectivity index (χ1) is 4.47. The zero-order chi connectivity index (χ0) is 7.83. The Morgan fingerprint density at radius 1 is 1.80 bits per heavy atom. The zero-order valence-corrected chi connectivity index (χ0v) is 6.80. The average Bonchev–Trinajstić information content (AvgIpc) is 2.47. The van der Waals surface area contributed by atoms with Gasteiger partial charge in [0.05, 0.1) is 5.60 Å². The van der Waals surface area contributed by atoms with Gasteiger partial charge in [0.15, 0.2) is 0 Å². The summed E-state index contributed by atoms with van der Waals surface area (Å²) in [6.45, 7) is 5.03. The van der Waals surface area contributed by atoms with Crippen LogP contribution in [0, 0.1) is 0 Å². The molecule has 1 unspecified atom stereocenters. The van der Waals surface area contributed by atoms with Crippen molar-refractivity contribution in [2.24, 2.45) is 0 Å². The smallest absolute Gasteiger partial charge is 0.321 e. The highest BCUT2D eigenvalue weighted by atomic mass is 31.2. The molecule has 4 heteroatoms. The largest absolute Gasteiger partial charge is 0.351 e. The second kappa shape index (κ2) is 2.19. The first kappa shape index (κ1) is 7.99. The van der Waals surface area contributed by atoms with Crippen LogP contribution in [0.5, 0.6) is 0 Å². The van der Waals surface area contributed by atoms with Gasteiger partial charge in [0.2, 0.25) is 0 Å². The van der Waals surface area contributed by atoms with E-state index >= 15 is 0 Å². The second-order valence-corrected chi connectivity index (χ2v) is 4.46. The molecule has 1 fully saturated rings. The minimum atomic E-state index is -3.47. The Kier molecular flexibility index (Phi) is 1.75. The highest BCUT2D eigenvalue weighted by Gasteiger charge is 2.43. The van der Waals surface area contributed by atoms with Crippen molar-refractivity contribution in [3.05, 3.63) is 12.4 Å². The molecule has 0 amide bonds. The van der Waals surface area contributed by atoms with E-state index in [0.29, 0.717) is 0 Å². The standard InChI is InChI=1S/C6H11O3P/c1-3-10(7,8)9-6(2)4-5-6/h3H,1,4-5H2,2H3,(H,7,8). The second-order valence-electron chi connectivity index (χ2n) is 2.79. The Bertz CT molecular complexity index is 195. The van der Waals surface area contributed by atoms with Gasteiger partial charge in [-0.25, -0.2) is 0 Å². The van der Waals surface area contributed by atoms with Crippen LogP contribution in [0.3, 0.4) is 0 Å². The molecule has 0 aromatic carbocycles. The summed E-state index contributed by atoms with van der Waals surface area (Å²) in [4.78, 5) is 8.91. The Balaban J connectivity index is 2.52. The van der Waals surface area contributed by atoms with E-state index in [2.05, 4.69) is 6.58 Å². The van der Waals surface area contributed by atoms with Crippen molar-refractivity contribution in [2.45, 2.75) is 25.4 Å². The van der Waals surface area contributed by atoms with Gasteiger partial charge in [-0.2, -0.15) is 0 Å². The number of hydrogen-bond donors (Lipinski definition) is 1. The summed E-state index contributed by atoms with van der Waals surface area (Å²) in [6.07, 6.45) is 1.73. The maximum absolute atomic E-state index is 10.9. The van der Waals surface area contributed by atoms with Crippen molar-refractivity contribution in [2.75, 3.05) is 0 Å². The van der Waals surface area contributed by atoms with E-state index in [0.717, 1.165) is 18.7 Å². The Hall–Kier alpha value is -0.110. The first-order valence-electron chi connectivity index (χ1n) is 3.14. The summed E-state index contributed by atoms with van der Waals surface area (Å²) in [7, 11) is -3.47. The minimum Gasteiger partial charge on any atom is -0.321 e. The predicted octanol–water partition coefficient (Wildman–Crippen LogP) is 1.88. The van der Waals surface area contributed by atoms with Gasteiger partial charge in [0.25, 0.3) is 0 Å². The van der Waals surface area contributed by atoms with Crippen LogP contribution in [0.15, 0.2) is 12.4 Å². The average molecular weight is 162 g/mol. The van der Waals surface area contributed by atoms with Crippen molar-refractivity contribution in [1.82, 2.24) is 0 Å². The molecule has 10 heavy (non-hydrogen) atoms. The molecule has 0 saturated heterocycles. The topological polar surface area (TPSA) is 46.5 Å². The molecule has 1 saturated carbocycles. The lowest BCUT2D eigenvalue weighted by Crippen LogP contribution is -2.04. The van der Waals surface area contributed by atoms with Crippen LogP contribution in [-0.4, -0.2) is 10.5 Å². The highest BCUT2D eigenvalue weighted by Crippen LogP contribution is 2.54. The SMILES string of the molecule is C=CP(=O)(O)OC1(C)CC1. The fraction of sp³-hybridized carbons (Fsp3) is 0.667. The fourth-order valence-electron chi connectivity index (χ4n) is 0.620. The third kappa shape index (κ3) is 1.94. The fourth-order valence-corrected chi connectivity index (χ4v) is 1.51. The summed E-state index contributed by atoms with van der Waals surface area (Å²) in [5, 5.41) is 0. The van der Waals surface area contributed by atoms with Gasteiger partial charge < -0.3 is 4.89 Å². The molecule has 1 atom stereocenters. The van der Waals surface area contributed by atoms with E-state index in [1.165, 1.54) is 0 Å². The van der Waals surface area contributed by atoms with Crippen molar-refractivity contribution in [3.8, 4) is 0 Å². The third-order valence-corrected chi connectivity index (χ3v) is 2.70. The molecule has 0 aromatic heterocycles. The molecule has 0 aromatic rings. The van der Waals surface area contributed by atoms with Crippen LogP contribution in [0.4, 0.5) is 0 Å². The third-order valence-electron chi connectivity index (χ3n) is 1.54. The van der Waals surface area contributed by atoms with E-state index in [-0.39, 0.29) is 5.60 Å². The molecule has 1 N–H and O–H groups in total. The summed E-state index contributed by atoms with van der Waals surface area (Å²) in [5.74, 6) is 0.969. The van der Waals surface area contributed by atoms with Crippen molar-refractivity contribution < 1.29 is 14.0 Å². The van der Waals surface area contributed by atoms with Crippen molar-refractivity contribution >= 4 is 7.60 Å². The molecule has 0 heterocycles. The maximum Gasteiger partial charge on any atom is 0.351 e. The van der Waals surface area contributed by atoms with Gasteiger partial charge in [-0.1, -0.05) is 6.58 Å². The molecule has 0 radical (unpaired) electrons. The maximum atomic E-state index is 10.9. The molecule has 1 aliphatic carbocycles. The van der Waals surface area contributed by atoms with Crippen molar-refractivity contribution in [1.29, 1.82) is 0 Å². The molecule has 58 valence electrons. The Morgan fingerprint density at radius 2 is 2.30 bits per heavy atom. The van der Waals surface area contributed by atoms with E-state index < -0.39 is 7.60 Å². The van der Waals surface area contributed by atoms with Gasteiger partial charge in [-0.05, 0) is 19.8 Å². The molecular formula is C6H11O3P. The van der Waals surface area contributed by atoms with E-state index in [1.54, 1.807) is 0 Å². The Labute approximate surface area is 60.2 Å². The number of hydrogen-bond acceptors (Lipinski definition) is 2. The van der Waals surface area contributed by atoms with Crippen LogP contribution in [0.25, 0.3) is 0 Å². The predicted molar refractivity (Wildman–Crippen MR) is 38.7 cm³/mol. The molecule has 0 aliphatic heterocycles. The van der Waals surface area contributed by atoms with Gasteiger partial charge in [0, 0.05) is 5.82 Å². The quantitative estimate of drug-likeness (QED) is 0.644. The molecule has 3 nitrogen and oxygen atoms in total. The highest BCUT2D eigenvalue weighted by molar-refractivity contribution is 7.56.